The van der Waals surface area contributed by atoms with Crippen molar-refractivity contribution in [3.63, 3.8) is 0 Å². The fourth-order valence-electron chi connectivity index (χ4n) is 5.92. The van der Waals surface area contributed by atoms with E-state index < -0.39 is 23.5 Å². The summed E-state index contributed by atoms with van der Waals surface area (Å²) in [5.74, 6) is 7.09. The fraction of sp³-hybridized carbons (Fsp3) is 0.562. The highest BCUT2D eigenvalue weighted by molar-refractivity contribution is 5.74. The number of amides is 2. The number of nitrogens with two attached hydrogens (primary N) is 2. The van der Waals surface area contributed by atoms with E-state index >= 15 is 0 Å². The van der Waals surface area contributed by atoms with E-state index in [1.165, 1.54) is 0 Å². The van der Waals surface area contributed by atoms with Crippen molar-refractivity contribution in [1.29, 1.82) is 0 Å². The molecule has 0 bridgehead atoms. The molecule has 14 heteroatoms. The maximum Gasteiger partial charge on any atom is 0.410 e. The smallest absolute Gasteiger partial charge is 0.410 e. The van der Waals surface area contributed by atoms with Gasteiger partial charge in [0, 0.05) is 52.4 Å². The average molecular weight is 637 g/mol. The quantitative estimate of drug-likeness (QED) is 0.233. The van der Waals surface area contributed by atoms with Crippen LogP contribution in [0.5, 0.6) is 0 Å². The van der Waals surface area contributed by atoms with Crippen molar-refractivity contribution in [2.24, 2.45) is 5.84 Å². The molecule has 2 aliphatic rings. The van der Waals surface area contributed by atoms with E-state index in [0.29, 0.717) is 63.7 Å². The van der Waals surface area contributed by atoms with Crippen LogP contribution in [0.15, 0.2) is 48.5 Å². The zero-order valence-electron chi connectivity index (χ0n) is 27.8. The summed E-state index contributed by atoms with van der Waals surface area (Å²) in [6.07, 6.45) is -1.59. The van der Waals surface area contributed by atoms with Crippen molar-refractivity contribution in [1.82, 2.24) is 34.6 Å². The van der Waals surface area contributed by atoms with Crippen LogP contribution in [0.4, 0.5) is 21.0 Å². The van der Waals surface area contributed by atoms with E-state index in [4.69, 9.17) is 21.1 Å². The summed E-state index contributed by atoms with van der Waals surface area (Å²) in [6.45, 7) is 15.2. The zero-order chi connectivity index (χ0) is 33.2. The second-order valence-electron chi connectivity index (χ2n) is 13.8. The summed E-state index contributed by atoms with van der Waals surface area (Å²) in [5, 5.41) is 10.9. The number of para-hydroxylation sites is 3. The number of hydrazine groups is 1. The Kier molecular flexibility index (Phi) is 9.61. The summed E-state index contributed by atoms with van der Waals surface area (Å²) in [7, 11) is 0. The lowest BCUT2D eigenvalue weighted by Gasteiger charge is -2.49. The molecule has 250 valence electrons. The molecular formula is C32H48N10O4. The SMILES string of the molecule is CC(C)(C)OC(=O)N1CCN(C(C(N2CCN(C(=O)OC(C)(C)C)CC2)n2nnc3ccccc32)N(N)c2ccccc2N)CC1. The average Bonchev–Trinajstić information content (AvgIpc) is 3.42. The highest BCUT2D eigenvalue weighted by atomic mass is 16.6. The number of anilines is 2. The number of carbonyl (C=O) groups excluding carboxylic acids is 2. The van der Waals surface area contributed by atoms with Crippen molar-refractivity contribution in [3.8, 4) is 0 Å². The molecule has 0 spiro atoms. The Morgan fingerprint density at radius 3 is 1.80 bits per heavy atom. The van der Waals surface area contributed by atoms with Crippen LogP contribution in [0.3, 0.4) is 0 Å². The molecule has 2 aliphatic heterocycles. The number of nitrogens with zero attached hydrogens (tertiary/aromatic N) is 8. The van der Waals surface area contributed by atoms with Gasteiger partial charge >= 0.3 is 12.2 Å². The van der Waals surface area contributed by atoms with Gasteiger partial charge in [-0.05, 0) is 65.8 Å². The molecule has 2 aromatic carbocycles. The van der Waals surface area contributed by atoms with Crippen LogP contribution in [0, 0.1) is 0 Å². The van der Waals surface area contributed by atoms with Gasteiger partial charge in [-0.2, -0.15) is 0 Å². The molecule has 2 saturated heterocycles. The first-order valence-corrected chi connectivity index (χ1v) is 15.8. The van der Waals surface area contributed by atoms with Crippen molar-refractivity contribution in [2.45, 2.75) is 65.1 Å². The normalized spacial score (nSPS) is 18.3. The monoisotopic (exact) mass is 636 g/mol. The number of ether oxygens (including phenoxy) is 2. The van der Waals surface area contributed by atoms with Crippen LogP contribution in [0.25, 0.3) is 11.0 Å². The first kappa shape index (κ1) is 33.2. The Hall–Kier alpha value is -4.14. The third-order valence-corrected chi connectivity index (χ3v) is 8.07. The molecule has 0 saturated carbocycles. The molecular weight excluding hydrogens is 588 g/mol. The molecule has 46 heavy (non-hydrogen) atoms. The van der Waals surface area contributed by atoms with Crippen LogP contribution >= 0.6 is 0 Å². The third kappa shape index (κ3) is 7.62. The summed E-state index contributed by atoms with van der Waals surface area (Å²) in [6, 6.07) is 15.3. The van der Waals surface area contributed by atoms with Crippen LogP contribution in [-0.2, 0) is 9.47 Å². The van der Waals surface area contributed by atoms with Gasteiger partial charge in [0.15, 0.2) is 0 Å². The molecule has 1 aromatic heterocycles. The summed E-state index contributed by atoms with van der Waals surface area (Å²) in [5.41, 5.74) is 8.14. The van der Waals surface area contributed by atoms with Crippen LogP contribution < -0.4 is 16.6 Å². The van der Waals surface area contributed by atoms with Gasteiger partial charge in [-0.1, -0.05) is 29.5 Å². The molecule has 2 fully saturated rings. The minimum Gasteiger partial charge on any atom is -0.444 e. The number of rotatable bonds is 6. The van der Waals surface area contributed by atoms with E-state index in [9.17, 15) is 9.59 Å². The number of aromatic nitrogens is 3. The molecule has 2 amide bonds. The predicted molar refractivity (Wildman–Crippen MR) is 177 cm³/mol. The van der Waals surface area contributed by atoms with E-state index in [-0.39, 0.29) is 12.2 Å². The number of fused-ring (bicyclic) bond motifs is 1. The Balaban J connectivity index is 1.50. The van der Waals surface area contributed by atoms with Crippen LogP contribution in [-0.4, -0.2) is 117 Å². The third-order valence-electron chi connectivity index (χ3n) is 8.07. The van der Waals surface area contributed by atoms with Crippen molar-refractivity contribution < 1.29 is 19.1 Å². The summed E-state index contributed by atoms with van der Waals surface area (Å²) < 4.78 is 13.2. The van der Waals surface area contributed by atoms with E-state index in [2.05, 4.69) is 20.1 Å². The van der Waals surface area contributed by atoms with Crippen molar-refractivity contribution in [3.05, 3.63) is 48.5 Å². The number of nitrogen functional groups attached to an aromatic ring is 1. The minimum absolute atomic E-state index is 0.331. The number of hydrogen-bond donors (Lipinski definition) is 2. The topological polar surface area (TPSA) is 152 Å². The van der Waals surface area contributed by atoms with Gasteiger partial charge in [0.2, 0.25) is 0 Å². The molecule has 3 aromatic rings. The van der Waals surface area contributed by atoms with Crippen molar-refractivity contribution in [2.75, 3.05) is 63.1 Å². The molecule has 4 N–H and O–H groups in total. The van der Waals surface area contributed by atoms with Crippen molar-refractivity contribution >= 4 is 34.6 Å². The Bertz CT molecular complexity index is 1500. The predicted octanol–water partition coefficient (Wildman–Crippen LogP) is 3.32. The van der Waals surface area contributed by atoms with Crippen LogP contribution in [0.1, 0.15) is 47.7 Å². The Morgan fingerprint density at radius 2 is 1.26 bits per heavy atom. The first-order chi connectivity index (χ1) is 21.7. The molecule has 14 nitrogen and oxygen atoms in total. The number of benzene rings is 2. The summed E-state index contributed by atoms with van der Waals surface area (Å²) >= 11 is 0. The molecule has 2 unspecified atom stereocenters. The van der Waals surface area contributed by atoms with Gasteiger partial charge in [0.25, 0.3) is 0 Å². The first-order valence-electron chi connectivity index (χ1n) is 15.8. The number of hydrogen-bond acceptors (Lipinski definition) is 11. The highest BCUT2D eigenvalue weighted by Gasteiger charge is 2.42. The van der Waals surface area contributed by atoms with Crippen LogP contribution in [0.2, 0.25) is 0 Å². The van der Waals surface area contributed by atoms with Gasteiger partial charge in [-0.25, -0.2) is 20.1 Å². The van der Waals surface area contributed by atoms with E-state index in [0.717, 1.165) is 11.0 Å². The molecule has 3 heterocycles. The minimum atomic E-state index is -0.587. The van der Waals surface area contributed by atoms with Gasteiger partial charge in [-0.15, -0.1) is 5.10 Å². The van der Waals surface area contributed by atoms with Gasteiger partial charge < -0.3 is 25.0 Å². The number of carbonyl (C=O) groups is 2. The van der Waals surface area contributed by atoms with Gasteiger partial charge in [0.1, 0.15) is 29.1 Å². The Morgan fingerprint density at radius 1 is 0.761 bits per heavy atom. The lowest BCUT2D eigenvalue weighted by atomic mass is 10.1. The second-order valence-corrected chi connectivity index (χ2v) is 13.8. The molecule has 2 atom stereocenters. The lowest BCUT2D eigenvalue weighted by Crippen LogP contribution is -2.65. The molecule has 0 radical (unpaired) electrons. The second kappa shape index (κ2) is 13.3. The Labute approximate surface area is 270 Å². The zero-order valence-corrected chi connectivity index (χ0v) is 27.8. The molecule has 5 rings (SSSR count). The highest BCUT2D eigenvalue weighted by Crippen LogP contribution is 2.33. The van der Waals surface area contributed by atoms with Gasteiger partial charge in [0.05, 0.1) is 16.9 Å². The van der Waals surface area contributed by atoms with E-state index in [1.54, 1.807) is 14.8 Å². The lowest BCUT2D eigenvalue weighted by molar-refractivity contribution is -0.0302. The summed E-state index contributed by atoms with van der Waals surface area (Å²) in [4.78, 5) is 33.9. The standard InChI is InChI=1S/C32H48N10O4/c1-31(2,3)45-29(43)39-19-15-37(16-20-39)27(41(34)25-13-9-7-11-23(25)33)28(42-26-14-10-8-12-24(26)35-36-42)38-17-21-40(22-18-38)30(44)46-32(4,5)6/h7-14,27-28H,15-22,33-34H2,1-6H3. The largest absolute Gasteiger partial charge is 0.444 e. The van der Waals surface area contributed by atoms with E-state index in [1.807, 2.05) is 94.8 Å². The maximum atomic E-state index is 12.9. The number of piperazine rings is 2. The fourth-order valence-corrected chi connectivity index (χ4v) is 5.92. The van der Waals surface area contributed by atoms with Gasteiger partial charge in [-0.3, -0.25) is 14.8 Å². The molecule has 0 aliphatic carbocycles. The maximum absolute atomic E-state index is 12.9.